The number of rotatable bonds is 5. The Balaban J connectivity index is 0.00000208. The van der Waals surface area contributed by atoms with Crippen molar-refractivity contribution in [2.45, 2.75) is 24.7 Å². The van der Waals surface area contributed by atoms with Crippen molar-refractivity contribution >= 4 is 22.4 Å². The molecule has 1 saturated heterocycles. The zero-order valence-electron chi connectivity index (χ0n) is 13.6. The van der Waals surface area contributed by atoms with Gasteiger partial charge in [-0.1, -0.05) is 25.1 Å². The number of nitrogens with zero attached hydrogens (tertiary/aromatic N) is 2. The van der Waals surface area contributed by atoms with Crippen LogP contribution in [-0.2, 0) is 10.0 Å². The lowest BCUT2D eigenvalue weighted by Crippen LogP contribution is -2.42. The number of sulfonamides is 1. The Morgan fingerprint density at radius 2 is 1.92 bits per heavy atom. The maximum atomic E-state index is 12.5. The van der Waals surface area contributed by atoms with Crippen molar-refractivity contribution in [2.75, 3.05) is 19.6 Å². The fourth-order valence-corrected chi connectivity index (χ4v) is 3.86. The minimum Gasteiger partial charge on any atom is -0.317 e. The molecule has 1 aromatic carbocycles. The molecule has 6 nitrogen and oxygen atoms in total. The molecule has 0 atom stereocenters. The number of piperidine rings is 1. The lowest BCUT2D eigenvalue weighted by atomic mass is 9.81. The van der Waals surface area contributed by atoms with E-state index in [-0.39, 0.29) is 22.7 Å². The molecule has 8 heteroatoms. The van der Waals surface area contributed by atoms with Gasteiger partial charge in [0.05, 0.1) is 18.1 Å². The average Bonchev–Trinajstić information content (AvgIpc) is 3.06. The molecule has 3 rings (SSSR count). The summed E-state index contributed by atoms with van der Waals surface area (Å²) in [5.74, 6) is 0. The normalized spacial score (nSPS) is 17.2. The summed E-state index contributed by atoms with van der Waals surface area (Å²) in [7, 11) is -3.54. The molecular formula is C16H23ClN4O2S. The first kappa shape index (κ1) is 18.9. The van der Waals surface area contributed by atoms with Gasteiger partial charge in [-0.2, -0.15) is 5.10 Å². The van der Waals surface area contributed by atoms with Gasteiger partial charge in [0.25, 0.3) is 0 Å². The van der Waals surface area contributed by atoms with E-state index in [1.54, 1.807) is 10.9 Å². The van der Waals surface area contributed by atoms with Crippen molar-refractivity contribution in [3.8, 4) is 5.69 Å². The Morgan fingerprint density at radius 1 is 1.25 bits per heavy atom. The number of halogens is 1. The molecule has 0 unspecified atom stereocenters. The summed E-state index contributed by atoms with van der Waals surface area (Å²) in [6.45, 7) is 4.45. The highest BCUT2D eigenvalue weighted by Gasteiger charge is 2.29. The smallest absolute Gasteiger partial charge is 0.243 e. The molecule has 0 aliphatic carbocycles. The van der Waals surface area contributed by atoms with Crippen LogP contribution >= 0.6 is 12.4 Å². The second-order valence-electron chi connectivity index (χ2n) is 6.34. The number of hydrogen-bond donors (Lipinski definition) is 2. The van der Waals surface area contributed by atoms with Crippen LogP contribution in [0.5, 0.6) is 0 Å². The largest absolute Gasteiger partial charge is 0.317 e. The minimum absolute atomic E-state index is 0. The maximum absolute atomic E-state index is 12.5. The molecule has 2 heterocycles. The molecule has 1 aromatic heterocycles. The van der Waals surface area contributed by atoms with Crippen LogP contribution in [0.3, 0.4) is 0 Å². The van der Waals surface area contributed by atoms with Gasteiger partial charge in [0, 0.05) is 6.54 Å². The van der Waals surface area contributed by atoms with Crippen molar-refractivity contribution in [2.24, 2.45) is 5.41 Å². The summed E-state index contributed by atoms with van der Waals surface area (Å²) >= 11 is 0. The Bertz CT molecular complexity index is 755. The lowest BCUT2D eigenvalue weighted by Gasteiger charge is -2.33. The molecule has 0 amide bonds. The zero-order chi connectivity index (χ0) is 16.3. The summed E-state index contributed by atoms with van der Waals surface area (Å²) in [6.07, 6.45) is 4.88. The Morgan fingerprint density at radius 3 is 2.58 bits per heavy atom. The summed E-state index contributed by atoms with van der Waals surface area (Å²) in [5.41, 5.74) is 0.840. The van der Waals surface area contributed by atoms with Crippen molar-refractivity contribution < 1.29 is 8.42 Å². The minimum atomic E-state index is -3.54. The van der Waals surface area contributed by atoms with E-state index in [9.17, 15) is 8.42 Å². The van der Waals surface area contributed by atoms with Gasteiger partial charge in [-0.05, 0) is 43.5 Å². The Labute approximate surface area is 149 Å². The van der Waals surface area contributed by atoms with E-state index in [0.717, 1.165) is 31.6 Å². The van der Waals surface area contributed by atoms with Gasteiger partial charge < -0.3 is 5.32 Å². The third kappa shape index (κ3) is 4.36. The third-order valence-electron chi connectivity index (χ3n) is 4.39. The molecular weight excluding hydrogens is 348 g/mol. The third-order valence-corrected chi connectivity index (χ3v) is 5.75. The van der Waals surface area contributed by atoms with Gasteiger partial charge in [-0.15, -0.1) is 12.4 Å². The first-order chi connectivity index (χ1) is 11.0. The van der Waals surface area contributed by atoms with E-state index < -0.39 is 10.0 Å². The lowest BCUT2D eigenvalue weighted by molar-refractivity contribution is 0.232. The highest BCUT2D eigenvalue weighted by molar-refractivity contribution is 7.89. The van der Waals surface area contributed by atoms with Crippen LogP contribution in [0.2, 0.25) is 0 Å². The van der Waals surface area contributed by atoms with Crippen LogP contribution in [-0.4, -0.2) is 37.8 Å². The molecule has 1 fully saturated rings. The summed E-state index contributed by atoms with van der Waals surface area (Å²) in [5, 5.41) is 7.45. The van der Waals surface area contributed by atoms with E-state index >= 15 is 0 Å². The summed E-state index contributed by atoms with van der Waals surface area (Å²) < 4.78 is 29.3. The van der Waals surface area contributed by atoms with E-state index in [4.69, 9.17) is 0 Å². The predicted molar refractivity (Wildman–Crippen MR) is 96.2 cm³/mol. The SMILES string of the molecule is CC1(CNS(=O)(=O)c2cnn(-c3ccccc3)c2)CCNCC1.Cl. The van der Waals surface area contributed by atoms with Crippen molar-refractivity contribution in [3.63, 3.8) is 0 Å². The van der Waals surface area contributed by atoms with Crippen molar-refractivity contribution in [1.29, 1.82) is 0 Å². The first-order valence-corrected chi connectivity index (χ1v) is 9.27. The second kappa shape index (κ2) is 7.65. The van der Waals surface area contributed by atoms with Crippen molar-refractivity contribution in [3.05, 3.63) is 42.7 Å². The fraction of sp³-hybridized carbons (Fsp3) is 0.438. The molecule has 24 heavy (non-hydrogen) atoms. The van der Waals surface area contributed by atoms with Crippen LogP contribution in [0.4, 0.5) is 0 Å². The molecule has 0 spiro atoms. The molecule has 0 radical (unpaired) electrons. The number of aromatic nitrogens is 2. The number of benzene rings is 1. The first-order valence-electron chi connectivity index (χ1n) is 7.79. The van der Waals surface area contributed by atoms with Crippen LogP contribution in [0.1, 0.15) is 19.8 Å². The van der Waals surface area contributed by atoms with Gasteiger partial charge >= 0.3 is 0 Å². The van der Waals surface area contributed by atoms with E-state index in [2.05, 4.69) is 22.1 Å². The highest BCUT2D eigenvalue weighted by Crippen LogP contribution is 2.27. The van der Waals surface area contributed by atoms with Crippen LogP contribution in [0.25, 0.3) is 5.69 Å². The van der Waals surface area contributed by atoms with Gasteiger partial charge in [0.1, 0.15) is 4.90 Å². The topological polar surface area (TPSA) is 76.0 Å². The van der Waals surface area contributed by atoms with E-state index in [1.807, 2.05) is 30.3 Å². The van der Waals surface area contributed by atoms with Gasteiger partial charge in [-0.3, -0.25) is 0 Å². The van der Waals surface area contributed by atoms with E-state index in [0.29, 0.717) is 6.54 Å². The van der Waals surface area contributed by atoms with Crippen LogP contribution < -0.4 is 10.0 Å². The second-order valence-corrected chi connectivity index (χ2v) is 8.11. The van der Waals surface area contributed by atoms with Crippen LogP contribution in [0, 0.1) is 5.41 Å². The molecule has 0 bridgehead atoms. The highest BCUT2D eigenvalue weighted by atomic mass is 35.5. The molecule has 132 valence electrons. The fourth-order valence-electron chi connectivity index (χ4n) is 2.73. The number of hydrogen-bond acceptors (Lipinski definition) is 4. The number of nitrogens with one attached hydrogen (secondary N) is 2. The van der Waals surface area contributed by atoms with Gasteiger partial charge in [0.15, 0.2) is 0 Å². The van der Waals surface area contributed by atoms with Gasteiger partial charge in [0.2, 0.25) is 10.0 Å². The summed E-state index contributed by atoms with van der Waals surface area (Å²) in [6, 6.07) is 9.45. The maximum Gasteiger partial charge on any atom is 0.243 e. The quantitative estimate of drug-likeness (QED) is 0.843. The molecule has 1 aliphatic heterocycles. The predicted octanol–water partition coefficient (Wildman–Crippen LogP) is 1.96. The Kier molecular flexibility index (Phi) is 6.03. The molecule has 2 aromatic rings. The average molecular weight is 371 g/mol. The van der Waals surface area contributed by atoms with Crippen LogP contribution in [0.15, 0.2) is 47.6 Å². The monoisotopic (exact) mass is 370 g/mol. The summed E-state index contributed by atoms with van der Waals surface area (Å²) in [4.78, 5) is 0.193. The number of para-hydroxylation sites is 1. The van der Waals surface area contributed by atoms with E-state index in [1.165, 1.54) is 6.20 Å². The standard InChI is InChI=1S/C16H22N4O2S.ClH/c1-16(7-9-17-10-8-16)13-19-23(21,22)15-11-18-20(12-15)14-5-3-2-4-6-14;/h2-6,11-12,17,19H,7-10,13H2,1H3;1H. The Hall–Kier alpha value is -1.41. The van der Waals surface area contributed by atoms with Crippen molar-refractivity contribution in [1.82, 2.24) is 19.8 Å². The molecule has 0 saturated carbocycles. The van der Waals surface area contributed by atoms with Gasteiger partial charge in [-0.25, -0.2) is 17.8 Å². The molecule has 2 N–H and O–H groups in total. The zero-order valence-corrected chi connectivity index (χ0v) is 15.2. The molecule has 1 aliphatic rings.